The summed E-state index contributed by atoms with van der Waals surface area (Å²) in [5.74, 6) is -2.67. The van der Waals surface area contributed by atoms with Crippen LogP contribution in [0.4, 0.5) is 4.79 Å². The highest BCUT2D eigenvalue weighted by atomic mass is 35.6. The highest BCUT2D eigenvalue weighted by molar-refractivity contribution is 6.76. The SMILES string of the molecule is CCCCCCCCC[C@H](CC(=O)O[C@H]1[C@@H]2OC(C)(C)OC[C@H]2OC(OC(=N)C(Cl)(Cl)Cl)[C@@H]1NC(=O)OCC1c2ccccc2-c2ccccc21)OCc1ccccc1. The highest BCUT2D eigenvalue weighted by Crippen LogP contribution is 2.44. The maximum absolute atomic E-state index is 14.1. The molecule has 3 aromatic rings. The second-order valence-electron chi connectivity index (χ2n) is 15.8. The number of rotatable bonds is 18. The molecule has 6 rings (SSSR count). The Morgan fingerprint density at radius 1 is 0.881 bits per heavy atom. The molecule has 320 valence electrons. The van der Waals surface area contributed by atoms with E-state index in [1.54, 1.807) is 13.8 Å². The van der Waals surface area contributed by atoms with Crippen molar-refractivity contribution in [2.24, 2.45) is 0 Å². The monoisotopic (exact) mass is 872 g/mol. The highest BCUT2D eigenvalue weighted by Gasteiger charge is 2.55. The Labute approximate surface area is 362 Å². The molecule has 2 fully saturated rings. The first-order chi connectivity index (χ1) is 28.3. The predicted molar refractivity (Wildman–Crippen MR) is 227 cm³/mol. The van der Waals surface area contributed by atoms with Gasteiger partial charge >= 0.3 is 12.1 Å². The average Bonchev–Trinajstić information content (AvgIpc) is 3.53. The van der Waals surface area contributed by atoms with Gasteiger partial charge in [0.25, 0.3) is 3.79 Å². The van der Waals surface area contributed by atoms with Gasteiger partial charge in [-0.3, -0.25) is 10.2 Å². The number of amides is 1. The Morgan fingerprint density at radius 3 is 2.17 bits per heavy atom. The Kier molecular flexibility index (Phi) is 16.0. The minimum atomic E-state index is -2.26. The van der Waals surface area contributed by atoms with Gasteiger partial charge in [0.15, 0.2) is 11.9 Å². The van der Waals surface area contributed by atoms with E-state index in [-0.39, 0.29) is 25.6 Å². The van der Waals surface area contributed by atoms with Crippen LogP contribution in [0.1, 0.15) is 101 Å². The second kappa shape index (κ2) is 20.9. The normalized spacial score (nSPS) is 22.6. The first-order valence-electron chi connectivity index (χ1n) is 20.6. The summed E-state index contributed by atoms with van der Waals surface area (Å²) in [6.07, 6.45) is 2.64. The van der Waals surface area contributed by atoms with Gasteiger partial charge in [0.05, 0.1) is 25.7 Å². The van der Waals surface area contributed by atoms with E-state index in [4.69, 9.17) is 73.4 Å². The summed E-state index contributed by atoms with van der Waals surface area (Å²) in [5.41, 5.74) is 5.21. The fourth-order valence-corrected chi connectivity index (χ4v) is 8.06. The summed E-state index contributed by atoms with van der Waals surface area (Å²) < 4.78 is 40.5. The fraction of sp³-hybridized carbons (Fsp3) is 0.533. The molecule has 1 unspecified atom stereocenters. The number of carbonyl (C=O) groups is 2. The Morgan fingerprint density at radius 2 is 1.51 bits per heavy atom. The third kappa shape index (κ3) is 12.3. The number of esters is 1. The molecule has 0 aromatic heterocycles. The van der Waals surface area contributed by atoms with Crippen LogP contribution in [0.15, 0.2) is 78.9 Å². The minimum Gasteiger partial charge on any atom is -0.457 e. The summed E-state index contributed by atoms with van der Waals surface area (Å²) in [4.78, 5) is 28.0. The molecule has 6 atom stereocenters. The summed E-state index contributed by atoms with van der Waals surface area (Å²) in [5, 5.41) is 11.2. The fourth-order valence-electron chi connectivity index (χ4n) is 7.93. The zero-order valence-electron chi connectivity index (χ0n) is 33.8. The van der Waals surface area contributed by atoms with Gasteiger partial charge < -0.3 is 38.5 Å². The van der Waals surface area contributed by atoms with Gasteiger partial charge in [0, 0.05) is 5.92 Å². The molecule has 0 spiro atoms. The maximum atomic E-state index is 14.1. The van der Waals surface area contributed by atoms with Gasteiger partial charge in [-0.1, -0.05) is 166 Å². The third-order valence-electron chi connectivity index (χ3n) is 10.9. The summed E-state index contributed by atoms with van der Waals surface area (Å²) >= 11 is 18.1. The van der Waals surface area contributed by atoms with Crippen LogP contribution < -0.4 is 5.32 Å². The van der Waals surface area contributed by atoms with E-state index in [0.29, 0.717) is 13.0 Å². The quantitative estimate of drug-likeness (QED) is 0.0421. The molecule has 11 nitrogen and oxygen atoms in total. The molecule has 2 saturated heterocycles. The molecule has 14 heteroatoms. The molecule has 2 N–H and O–H groups in total. The molecule has 0 saturated carbocycles. The van der Waals surface area contributed by atoms with Crippen LogP contribution in [0, 0.1) is 5.41 Å². The number of alkyl carbamates (subject to hydrolysis) is 1. The smallest absolute Gasteiger partial charge is 0.407 e. The van der Waals surface area contributed by atoms with Gasteiger partial charge in [0.2, 0.25) is 12.2 Å². The molecular formula is C45H55Cl3N2O9. The van der Waals surface area contributed by atoms with E-state index >= 15 is 0 Å². The lowest BCUT2D eigenvalue weighted by Crippen LogP contribution is -2.69. The molecule has 59 heavy (non-hydrogen) atoms. The second-order valence-corrected chi connectivity index (χ2v) is 18.0. The first-order valence-corrected chi connectivity index (χ1v) is 21.7. The number of ether oxygens (including phenoxy) is 7. The third-order valence-corrected chi connectivity index (χ3v) is 11.4. The van der Waals surface area contributed by atoms with Crippen LogP contribution >= 0.6 is 34.8 Å². The lowest BCUT2D eigenvalue weighted by molar-refractivity contribution is -0.363. The van der Waals surface area contributed by atoms with Crippen LogP contribution in [-0.4, -0.2) is 77.5 Å². The zero-order valence-corrected chi connectivity index (χ0v) is 36.1. The number of hydrogen-bond donors (Lipinski definition) is 2. The summed E-state index contributed by atoms with van der Waals surface area (Å²) in [6, 6.07) is 24.5. The molecule has 1 aliphatic carbocycles. The van der Waals surface area contributed by atoms with Gasteiger partial charge in [-0.05, 0) is 48.1 Å². The van der Waals surface area contributed by atoms with Crippen LogP contribution in [0.5, 0.6) is 0 Å². The number of alkyl halides is 3. The number of nitrogens with one attached hydrogen (secondary N) is 2. The van der Waals surface area contributed by atoms with Crippen molar-refractivity contribution in [3.05, 3.63) is 95.6 Å². The van der Waals surface area contributed by atoms with Crippen molar-refractivity contribution >= 4 is 52.8 Å². The number of carbonyl (C=O) groups excluding carboxylic acids is 2. The lowest BCUT2D eigenvalue weighted by atomic mass is 9.95. The molecule has 0 radical (unpaired) electrons. The minimum absolute atomic E-state index is 0.00977. The standard InChI is InChI=1S/C45H55Cl3N2O9/c1-4-5-6-7-8-9-13-20-30(53-26-29-18-11-10-12-19-29)25-37(51)57-40-38(41(58-42(49)45(46,47)48)56-36-28-55-44(2,3)59-39(36)40)50-43(52)54-27-35-33-23-16-14-21-31(33)32-22-15-17-24-34(32)35/h10-12,14-19,21-24,30,35-36,38-41,49H,4-9,13,20,25-28H2,1-3H3,(H,50,52)/t30-,36-,38-,39-,40-,41?/m1/s1. The van der Waals surface area contributed by atoms with E-state index in [2.05, 4.69) is 12.2 Å². The summed E-state index contributed by atoms with van der Waals surface area (Å²) in [7, 11) is 0. The molecular weight excluding hydrogens is 819 g/mol. The summed E-state index contributed by atoms with van der Waals surface area (Å²) in [6.45, 7) is 6.01. The van der Waals surface area contributed by atoms with E-state index < -0.39 is 64.3 Å². The van der Waals surface area contributed by atoms with Crippen LogP contribution in [0.25, 0.3) is 11.1 Å². The maximum Gasteiger partial charge on any atom is 0.407 e. The van der Waals surface area contributed by atoms with Gasteiger partial charge in [-0.2, -0.15) is 0 Å². The Hall–Kier alpha value is -3.42. The zero-order chi connectivity index (χ0) is 42.0. The van der Waals surface area contributed by atoms with Crippen molar-refractivity contribution in [3.8, 4) is 11.1 Å². The lowest BCUT2D eigenvalue weighted by Gasteiger charge is -2.50. The number of benzene rings is 3. The average molecular weight is 874 g/mol. The van der Waals surface area contributed by atoms with E-state index in [9.17, 15) is 9.59 Å². The number of unbranched alkanes of at least 4 members (excludes halogenated alkanes) is 6. The largest absolute Gasteiger partial charge is 0.457 e. The van der Waals surface area contributed by atoms with Crippen LogP contribution in [0.2, 0.25) is 0 Å². The van der Waals surface area contributed by atoms with Crippen molar-refractivity contribution in [1.82, 2.24) is 5.32 Å². The predicted octanol–water partition coefficient (Wildman–Crippen LogP) is 10.2. The van der Waals surface area contributed by atoms with Crippen molar-refractivity contribution < 1.29 is 42.7 Å². The van der Waals surface area contributed by atoms with Crippen molar-refractivity contribution in [2.45, 2.75) is 137 Å². The van der Waals surface area contributed by atoms with Crippen LogP contribution in [-0.2, 0) is 44.6 Å². The number of halogens is 3. The van der Waals surface area contributed by atoms with Crippen molar-refractivity contribution in [3.63, 3.8) is 0 Å². The molecule has 0 bridgehead atoms. The molecule has 3 aromatic carbocycles. The molecule has 2 heterocycles. The molecule has 1 amide bonds. The van der Waals surface area contributed by atoms with Crippen molar-refractivity contribution in [1.29, 1.82) is 5.41 Å². The Balaban J connectivity index is 1.21. The first kappa shape index (κ1) is 45.1. The van der Waals surface area contributed by atoms with E-state index in [1.165, 1.54) is 25.7 Å². The Bertz CT molecular complexity index is 1810. The van der Waals surface area contributed by atoms with Crippen LogP contribution in [0.3, 0.4) is 0 Å². The van der Waals surface area contributed by atoms with Gasteiger partial charge in [0.1, 0.15) is 24.9 Å². The molecule has 2 aliphatic heterocycles. The van der Waals surface area contributed by atoms with E-state index in [1.807, 2.05) is 78.9 Å². The number of hydrogen-bond acceptors (Lipinski definition) is 10. The van der Waals surface area contributed by atoms with Gasteiger partial charge in [-0.25, -0.2) is 4.79 Å². The topological polar surface area (TPSA) is 135 Å². The van der Waals surface area contributed by atoms with Crippen molar-refractivity contribution in [2.75, 3.05) is 13.2 Å². The van der Waals surface area contributed by atoms with E-state index in [0.717, 1.165) is 47.1 Å². The number of fused-ring (bicyclic) bond motifs is 4. The molecule has 3 aliphatic rings. The van der Waals surface area contributed by atoms with Gasteiger partial charge in [-0.15, -0.1) is 0 Å².